The van der Waals surface area contributed by atoms with Crippen LogP contribution in [-0.2, 0) is 16.1 Å². The fourth-order valence-corrected chi connectivity index (χ4v) is 3.36. The van der Waals surface area contributed by atoms with E-state index in [1.54, 1.807) is 0 Å². The van der Waals surface area contributed by atoms with Gasteiger partial charge in [-0.1, -0.05) is 12.1 Å². The second-order valence-corrected chi connectivity index (χ2v) is 6.32. The molecule has 1 aliphatic heterocycles. The van der Waals surface area contributed by atoms with Crippen molar-refractivity contribution in [2.24, 2.45) is 11.7 Å². The number of likely N-dealkylation sites (tertiary alicyclic amines) is 1. The third-order valence-corrected chi connectivity index (χ3v) is 4.85. The highest BCUT2D eigenvalue weighted by Gasteiger charge is 2.25. The lowest BCUT2D eigenvalue weighted by Gasteiger charge is -2.30. The van der Waals surface area contributed by atoms with Crippen LogP contribution in [0.1, 0.15) is 24.8 Å². The van der Waals surface area contributed by atoms with Gasteiger partial charge in [0.2, 0.25) is 11.8 Å². The van der Waals surface area contributed by atoms with Crippen LogP contribution in [0.3, 0.4) is 0 Å². The van der Waals surface area contributed by atoms with E-state index in [9.17, 15) is 9.59 Å². The lowest BCUT2D eigenvalue weighted by molar-refractivity contribution is -0.135. The van der Waals surface area contributed by atoms with Crippen molar-refractivity contribution < 1.29 is 9.59 Å². The van der Waals surface area contributed by atoms with E-state index in [0.717, 1.165) is 0 Å². The number of benzene rings is 1. The van der Waals surface area contributed by atoms with Gasteiger partial charge in [-0.3, -0.25) is 9.59 Å². The van der Waals surface area contributed by atoms with Gasteiger partial charge >= 0.3 is 0 Å². The van der Waals surface area contributed by atoms with Crippen molar-refractivity contribution in [3.05, 3.63) is 36.0 Å². The molecular weight excluding hydrogens is 290 g/mol. The van der Waals surface area contributed by atoms with E-state index in [0.29, 0.717) is 38.9 Å². The molecule has 1 saturated heterocycles. The molecule has 0 saturated carbocycles. The summed E-state index contributed by atoms with van der Waals surface area (Å²) in [4.78, 5) is 25.4. The van der Waals surface area contributed by atoms with Gasteiger partial charge in [-0.05, 0) is 37.5 Å². The van der Waals surface area contributed by atoms with Crippen LogP contribution in [0.25, 0.3) is 10.9 Å². The van der Waals surface area contributed by atoms with Crippen LogP contribution in [0.15, 0.2) is 30.5 Å². The fraction of sp³-hybridized carbons (Fsp3) is 0.444. The predicted molar refractivity (Wildman–Crippen MR) is 89.8 cm³/mol. The number of amides is 2. The van der Waals surface area contributed by atoms with Crippen molar-refractivity contribution in [2.45, 2.75) is 32.7 Å². The molecule has 2 amide bonds. The van der Waals surface area contributed by atoms with E-state index < -0.39 is 0 Å². The standard InChI is InChI=1S/C18H23N3O2/c1-13-3-2-4-16-15(13)7-11-20(16)12-8-17(22)21-9-5-14(6-10-21)18(19)23/h2-4,7,11,14H,5-6,8-10,12H2,1H3,(H2,19,23). The second kappa shape index (κ2) is 6.44. The van der Waals surface area contributed by atoms with Crippen molar-refractivity contribution in [1.82, 2.24) is 9.47 Å². The number of carbonyl (C=O) groups is 2. The van der Waals surface area contributed by atoms with E-state index in [4.69, 9.17) is 5.73 Å². The Kier molecular flexibility index (Phi) is 4.37. The average molecular weight is 313 g/mol. The summed E-state index contributed by atoms with van der Waals surface area (Å²) < 4.78 is 2.14. The van der Waals surface area contributed by atoms with Gasteiger partial charge in [0.25, 0.3) is 0 Å². The molecule has 2 N–H and O–H groups in total. The molecule has 1 fully saturated rings. The van der Waals surface area contributed by atoms with E-state index in [2.05, 4.69) is 29.7 Å². The van der Waals surface area contributed by atoms with Crippen molar-refractivity contribution in [1.29, 1.82) is 0 Å². The Bertz CT molecular complexity index is 727. The molecule has 0 atom stereocenters. The number of rotatable bonds is 4. The zero-order chi connectivity index (χ0) is 16.4. The normalized spacial score (nSPS) is 16.0. The monoisotopic (exact) mass is 313 g/mol. The van der Waals surface area contributed by atoms with E-state index in [1.165, 1.54) is 16.5 Å². The molecule has 1 aromatic heterocycles. The first-order valence-corrected chi connectivity index (χ1v) is 8.18. The first kappa shape index (κ1) is 15.6. The molecule has 0 aliphatic carbocycles. The van der Waals surface area contributed by atoms with Crippen molar-refractivity contribution in [3.8, 4) is 0 Å². The number of nitrogens with zero attached hydrogens (tertiary/aromatic N) is 2. The molecule has 122 valence electrons. The maximum atomic E-state index is 12.4. The van der Waals surface area contributed by atoms with Gasteiger partial charge < -0.3 is 15.2 Å². The Labute approximate surface area is 136 Å². The fourth-order valence-electron chi connectivity index (χ4n) is 3.36. The van der Waals surface area contributed by atoms with Crippen LogP contribution < -0.4 is 5.73 Å². The minimum atomic E-state index is -0.244. The number of piperidine rings is 1. The third kappa shape index (κ3) is 3.23. The maximum absolute atomic E-state index is 12.4. The summed E-state index contributed by atoms with van der Waals surface area (Å²) in [7, 11) is 0. The molecule has 1 aliphatic rings. The Morgan fingerprint density at radius 2 is 1.96 bits per heavy atom. The summed E-state index contributed by atoms with van der Waals surface area (Å²) in [6, 6.07) is 8.34. The average Bonchev–Trinajstić information content (AvgIpc) is 2.97. The molecule has 0 unspecified atom stereocenters. The Morgan fingerprint density at radius 1 is 1.22 bits per heavy atom. The van der Waals surface area contributed by atoms with Crippen LogP contribution >= 0.6 is 0 Å². The van der Waals surface area contributed by atoms with E-state index >= 15 is 0 Å². The maximum Gasteiger partial charge on any atom is 0.224 e. The molecule has 0 radical (unpaired) electrons. The molecule has 0 bridgehead atoms. The first-order valence-electron chi connectivity index (χ1n) is 8.18. The zero-order valence-electron chi connectivity index (χ0n) is 13.5. The minimum Gasteiger partial charge on any atom is -0.369 e. The molecule has 5 heteroatoms. The number of aryl methyl sites for hydroxylation is 2. The van der Waals surface area contributed by atoms with Crippen molar-refractivity contribution in [3.63, 3.8) is 0 Å². The third-order valence-electron chi connectivity index (χ3n) is 4.85. The summed E-state index contributed by atoms with van der Waals surface area (Å²) in [6.45, 7) is 4.05. The Balaban J connectivity index is 1.59. The smallest absolute Gasteiger partial charge is 0.224 e. The van der Waals surface area contributed by atoms with Crippen LogP contribution in [0, 0.1) is 12.8 Å². The highest BCUT2D eigenvalue weighted by molar-refractivity contribution is 5.84. The first-order chi connectivity index (χ1) is 11.1. The van der Waals surface area contributed by atoms with Gasteiger partial charge in [-0.2, -0.15) is 0 Å². The SMILES string of the molecule is Cc1cccc2c1ccn2CCC(=O)N1CCC(C(N)=O)CC1. The van der Waals surface area contributed by atoms with Crippen molar-refractivity contribution >= 4 is 22.7 Å². The zero-order valence-corrected chi connectivity index (χ0v) is 13.5. The number of primary amides is 1. The van der Waals surface area contributed by atoms with Gasteiger partial charge in [0.05, 0.1) is 0 Å². The van der Waals surface area contributed by atoms with E-state index in [-0.39, 0.29) is 17.7 Å². The van der Waals surface area contributed by atoms with E-state index in [1.807, 2.05) is 17.2 Å². The van der Waals surface area contributed by atoms with Crippen molar-refractivity contribution in [2.75, 3.05) is 13.1 Å². The van der Waals surface area contributed by atoms with Crippen LogP contribution in [-0.4, -0.2) is 34.4 Å². The predicted octanol–water partition coefficient (Wildman–Crippen LogP) is 2.06. The summed E-state index contributed by atoms with van der Waals surface area (Å²) in [5.74, 6) is -0.163. The highest BCUT2D eigenvalue weighted by Crippen LogP contribution is 2.21. The Hall–Kier alpha value is -2.30. The molecular formula is C18H23N3O2. The largest absolute Gasteiger partial charge is 0.369 e. The van der Waals surface area contributed by atoms with Gasteiger partial charge in [0.1, 0.15) is 0 Å². The minimum absolute atomic E-state index is 0.0737. The molecule has 5 nitrogen and oxygen atoms in total. The molecule has 0 spiro atoms. The summed E-state index contributed by atoms with van der Waals surface area (Å²) in [6.07, 6.45) is 3.91. The Morgan fingerprint density at radius 3 is 2.65 bits per heavy atom. The molecule has 23 heavy (non-hydrogen) atoms. The number of hydrogen-bond donors (Lipinski definition) is 1. The van der Waals surface area contributed by atoms with Gasteiger partial charge in [0, 0.05) is 49.1 Å². The summed E-state index contributed by atoms with van der Waals surface area (Å²) in [5, 5.41) is 1.24. The summed E-state index contributed by atoms with van der Waals surface area (Å²) in [5.41, 5.74) is 7.75. The number of nitrogens with two attached hydrogens (primary N) is 1. The second-order valence-electron chi connectivity index (χ2n) is 6.32. The molecule has 2 aromatic rings. The van der Waals surface area contributed by atoms with Gasteiger partial charge in [-0.25, -0.2) is 0 Å². The van der Waals surface area contributed by atoms with Crippen LogP contribution in [0.4, 0.5) is 0 Å². The van der Waals surface area contributed by atoms with Gasteiger partial charge in [0.15, 0.2) is 0 Å². The van der Waals surface area contributed by atoms with Gasteiger partial charge in [-0.15, -0.1) is 0 Å². The highest BCUT2D eigenvalue weighted by atomic mass is 16.2. The van der Waals surface area contributed by atoms with Crippen LogP contribution in [0.2, 0.25) is 0 Å². The number of carbonyl (C=O) groups excluding carboxylic acids is 2. The number of hydrogen-bond acceptors (Lipinski definition) is 2. The molecule has 2 heterocycles. The number of fused-ring (bicyclic) bond motifs is 1. The topological polar surface area (TPSA) is 68.3 Å². The van der Waals surface area contributed by atoms with Crippen LogP contribution in [0.5, 0.6) is 0 Å². The quantitative estimate of drug-likeness (QED) is 0.939. The molecule has 1 aromatic carbocycles. The molecule has 3 rings (SSSR count). The lowest BCUT2D eigenvalue weighted by Crippen LogP contribution is -2.41. The number of aromatic nitrogens is 1. The summed E-state index contributed by atoms with van der Waals surface area (Å²) >= 11 is 0. The lowest BCUT2D eigenvalue weighted by atomic mass is 9.96.